The van der Waals surface area contributed by atoms with Gasteiger partial charge >= 0.3 is 0 Å². The van der Waals surface area contributed by atoms with Gasteiger partial charge in [-0.1, -0.05) is 37.0 Å². The Morgan fingerprint density at radius 2 is 1.95 bits per heavy atom. The summed E-state index contributed by atoms with van der Waals surface area (Å²) in [4.78, 5) is 8.52. The fourth-order valence-electron chi connectivity index (χ4n) is 1.94. The van der Waals surface area contributed by atoms with Crippen molar-refractivity contribution in [3.63, 3.8) is 0 Å². The van der Waals surface area contributed by atoms with Crippen molar-refractivity contribution in [2.45, 2.75) is 26.7 Å². The van der Waals surface area contributed by atoms with E-state index in [2.05, 4.69) is 29.1 Å². The number of aromatic nitrogens is 2. The zero-order valence-corrected chi connectivity index (χ0v) is 13.7. The van der Waals surface area contributed by atoms with Crippen LogP contribution in [0.4, 0.5) is 5.82 Å². The SMILES string of the molecule is CCNc1ncnc(Oc2ccc(Cl)c(Cl)c2)c1C(C)C. The molecule has 0 aliphatic rings. The maximum absolute atomic E-state index is 6.01. The van der Waals surface area contributed by atoms with Gasteiger partial charge in [-0.05, 0) is 25.0 Å². The standard InChI is InChI=1S/C15H17Cl2N3O/c1-4-18-14-13(9(2)3)15(20-8-19-14)21-10-5-6-11(16)12(17)7-10/h5-9H,4H2,1-3H3,(H,18,19,20). The molecule has 1 aromatic heterocycles. The van der Waals surface area contributed by atoms with Crippen molar-refractivity contribution in [2.24, 2.45) is 0 Å². The summed E-state index contributed by atoms with van der Waals surface area (Å²) in [5, 5.41) is 4.16. The number of halogens is 2. The summed E-state index contributed by atoms with van der Waals surface area (Å²) in [5.41, 5.74) is 0.936. The molecule has 1 heterocycles. The van der Waals surface area contributed by atoms with E-state index in [0.717, 1.165) is 17.9 Å². The molecule has 4 nitrogen and oxygen atoms in total. The normalized spacial score (nSPS) is 10.8. The van der Waals surface area contributed by atoms with E-state index in [9.17, 15) is 0 Å². The minimum atomic E-state index is 0.220. The summed E-state index contributed by atoms with van der Waals surface area (Å²) >= 11 is 11.9. The van der Waals surface area contributed by atoms with Gasteiger partial charge in [0.1, 0.15) is 17.9 Å². The molecule has 21 heavy (non-hydrogen) atoms. The molecule has 0 spiro atoms. The van der Waals surface area contributed by atoms with Gasteiger partial charge in [0.05, 0.1) is 15.6 Å². The molecular weight excluding hydrogens is 309 g/mol. The van der Waals surface area contributed by atoms with Gasteiger partial charge in [-0.3, -0.25) is 0 Å². The topological polar surface area (TPSA) is 47.0 Å². The average Bonchev–Trinajstić information content (AvgIpc) is 2.43. The van der Waals surface area contributed by atoms with E-state index in [1.165, 1.54) is 6.33 Å². The van der Waals surface area contributed by atoms with E-state index in [0.29, 0.717) is 21.7 Å². The Morgan fingerprint density at radius 3 is 2.57 bits per heavy atom. The maximum atomic E-state index is 6.01. The van der Waals surface area contributed by atoms with E-state index in [1.54, 1.807) is 18.2 Å². The Morgan fingerprint density at radius 1 is 1.19 bits per heavy atom. The highest BCUT2D eigenvalue weighted by Gasteiger charge is 2.16. The van der Waals surface area contributed by atoms with Gasteiger partial charge in [-0.25, -0.2) is 9.97 Å². The molecule has 1 N–H and O–H groups in total. The first-order valence-corrected chi connectivity index (χ1v) is 7.50. The summed E-state index contributed by atoms with van der Waals surface area (Å²) in [6.45, 7) is 6.94. The quantitative estimate of drug-likeness (QED) is 0.827. The van der Waals surface area contributed by atoms with Crippen LogP contribution in [0.2, 0.25) is 10.0 Å². The molecule has 2 rings (SSSR count). The Hall–Kier alpha value is -1.52. The number of benzene rings is 1. The summed E-state index contributed by atoms with van der Waals surface area (Å²) in [6.07, 6.45) is 1.48. The third kappa shape index (κ3) is 3.77. The van der Waals surface area contributed by atoms with Crippen LogP contribution >= 0.6 is 23.2 Å². The van der Waals surface area contributed by atoms with E-state index in [-0.39, 0.29) is 5.92 Å². The van der Waals surface area contributed by atoms with Crippen LogP contribution in [0.3, 0.4) is 0 Å². The van der Waals surface area contributed by atoms with Crippen molar-refractivity contribution in [3.8, 4) is 11.6 Å². The zero-order chi connectivity index (χ0) is 15.4. The van der Waals surface area contributed by atoms with Gasteiger partial charge in [0.2, 0.25) is 5.88 Å². The highest BCUT2D eigenvalue weighted by Crippen LogP contribution is 2.34. The summed E-state index contributed by atoms with van der Waals surface area (Å²) in [5.74, 6) is 2.12. The van der Waals surface area contributed by atoms with Crippen molar-refractivity contribution in [2.75, 3.05) is 11.9 Å². The first-order chi connectivity index (χ1) is 10.0. The van der Waals surface area contributed by atoms with Crippen LogP contribution in [0.15, 0.2) is 24.5 Å². The molecule has 1 aromatic carbocycles. The second kappa shape index (κ2) is 6.96. The first-order valence-electron chi connectivity index (χ1n) is 6.74. The maximum Gasteiger partial charge on any atom is 0.227 e. The monoisotopic (exact) mass is 325 g/mol. The molecule has 0 aliphatic carbocycles. The molecular formula is C15H17Cl2N3O. The number of hydrogen-bond donors (Lipinski definition) is 1. The van der Waals surface area contributed by atoms with Crippen LogP contribution in [0.1, 0.15) is 32.3 Å². The number of rotatable bonds is 5. The molecule has 0 saturated heterocycles. The van der Waals surface area contributed by atoms with E-state index >= 15 is 0 Å². The van der Waals surface area contributed by atoms with Crippen molar-refractivity contribution >= 4 is 29.0 Å². The smallest absolute Gasteiger partial charge is 0.227 e. The van der Waals surface area contributed by atoms with Gasteiger partial charge < -0.3 is 10.1 Å². The Labute approximate surface area is 134 Å². The van der Waals surface area contributed by atoms with Crippen LogP contribution in [0.5, 0.6) is 11.6 Å². The fourth-order valence-corrected chi connectivity index (χ4v) is 2.23. The van der Waals surface area contributed by atoms with Crippen LogP contribution in [-0.4, -0.2) is 16.5 Å². The third-order valence-corrected chi connectivity index (χ3v) is 3.61. The van der Waals surface area contributed by atoms with Crippen molar-refractivity contribution in [1.82, 2.24) is 9.97 Å². The second-order valence-electron chi connectivity index (χ2n) is 4.80. The van der Waals surface area contributed by atoms with Gasteiger partial charge in [0.25, 0.3) is 0 Å². The van der Waals surface area contributed by atoms with Crippen LogP contribution in [0.25, 0.3) is 0 Å². The molecule has 0 amide bonds. The number of nitrogens with one attached hydrogen (secondary N) is 1. The molecule has 0 fully saturated rings. The Kier molecular flexibility index (Phi) is 5.26. The van der Waals surface area contributed by atoms with Crippen molar-refractivity contribution in [3.05, 3.63) is 40.1 Å². The first kappa shape index (κ1) is 15.9. The number of ether oxygens (including phenoxy) is 1. The zero-order valence-electron chi connectivity index (χ0n) is 12.2. The summed E-state index contributed by atoms with van der Waals surface area (Å²) in [7, 11) is 0. The molecule has 0 aliphatic heterocycles. The highest BCUT2D eigenvalue weighted by atomic mass is 35.5. The molecule has 0 radical (unpaired) electrons. The number of hydrogen-bond acceptors (Lipinski definition) is 4. The van der Waals surface area contributed by atoms with Gasteiger partial charge in [0, 0.05) is 12.6 Å². The van der Waals surface area contributed by atoms with E-state index in [1.807, 2.05) is 6.92 Å². The molecule has 112 valence electrons. The van der Waals surface area contributed by atoms with Crippen LogP contribution in [0, 0.1) is 0 Å². The Balaban J connectivity index is 2.38. The van der Waals surface area contributed by atoms with Crippen LogP contribution < -0.4 is 10.1 Å². The van der Waals surface area contributed by atoms with E-state index < -0.39 is 0 Å². The average molecular weight is 326 g/mol. The second-order valence-corrected chi connectivity index (χ2v) is 5.62. The predicted octanol–water partition coefficient (Wildman–Crippen LogP) is 5.13. The largest absolute Gasteiger partial charge is 0.438 e. The third-order valence-electron chi connectivity index (χ3n) is 2.87. The highest BCUT2D eigenvalue weighted by molar-refractivity contribution is 6.42. The molecule has 2 aromatic rings. The van der Waals surface area contributed by atoms with Gasteiger partial charge in [-0.15, -0.1) is 0 Å². The summed E-state index contributed by atoms with van der Waals surface area (Å²) in [6, 6.07) is 5.12. The lowest BCUT2D eigenvalue weighted by atomic mass is 10.1. The van der Waals surface area contributed by atoms with Gasteiger partial charge in [0.15, 0.2) is 0 Å². The molecule has 0 atom stereocenters. The number of nitrogens with zero attached hydrogens (tertiary/aromatic N) is 2. The molecule has 6 heteroatoms. The lowest BCUT2D eigenvalue weighted by Gasteiger charge is -2.16. The lowest BCUT2D eigenvalue weighted by molar-refractivity contribution is 0.452. The Bertz CT molecular complexity index is 632. The lowest BCUT2D eigenvalue weighted by Crippen LogP contribution is -2.07. The predicted molar refractivity (Wildman–Crippen MR) is 86.8 cm³/mol. The van der Waals surface area contributed by atoms with Crippen molar-refractivity contribution in [1.29, 1.82) is 0 Å². The van der Waals surface area contributed by atoms with Gasteiger partial charge in [-0.2, -0.15) is 0 Å². The number of anilines is 1. The van der Waals surface area contributed by atoms with Crippen molar-refractivity contribution < 1.29 is 4.74 Å². The molecule has 0 bridgehead atoms. The minimum absolute atomic E-state index is 0.220. The summed E-state index contributed by atoms with van der Waals surface area (Å²) < 4.78 is 5.86. The molecule has 0 saturated carbocycles. The fraction of sp³-hybridized carbons (Fsp3) is 0.333. The van der Waals surface area contributed by atoms with E-state index in [4.69, 9.17) is 27.9 Å². The van der Waals surface area contributed by atoms with Crippen LogP contribution in [-0.2, 0) is 0 Å². The minimum Gasteiger partial charge on any atom is -0.438 e. The molecule has 0 unspecified atom stereocenters.